The van der Waals surface area contributed by atoms with Crippen molar-refractivity contribution in [2.45, 2.75) is 19.6 Å². The molecule has 4 rings (SSSR count). The lowest BCUT2D eigenvalue weighted by molar-refractivity contribution is 0.227. The Hall–Kier alpha value is -4.19. The fraction of sp³-hybridized carbons (Fsp3) is 0.143. The van der Waals surface area contributed by atoms with Gasteiger partial charge in [0.1, 0.15) is 18.0 Å². The molecular formula is C21H17FN6O2. The zero-order valence-electron chi connectivity index (χ0n) is 15.9. The topological polar surface area (TPSA) is 134 Å². The van der Waals surface area contributed by atoms with Crippen LogP contribution in [0.4, 0.5) is 10.2 Å². The molecule has 0 fully saturated rings. The van der Waals surface area contributed by atoms with Crippen LogP contribution in [0.1, 0.15) is 35.6 Å². The van der Waals surface area contributed by atoms with E-state index in [1.165, 1.54) is 18.3 Å². The smallest absolute Gasteiger partial charge is 0.191 e. The predicted molar refractivity (Wildman–Crippen MR) is 108 cm³/mol. The molecule has 0 saturated carbocycles. The fourth-order valence-electron chi connectivity index (χ4n) is 3.38. The number of hydrogen-bond acceptors (Lipinski definition) is 8. The average molecular weight is 404 g/mol. The molecule has 2 aromatic heterocycles. The van der Waals surface area contributed by atoms with Gasteiger partial charge >= 0.3 is 0 Å². The van der Waals surface area contributed by atoms with Gasteiger partial charge in [-0.15, -0.1) is 0 Å². The highest BCUT2D eigenvalue weighted by molar-refractivity contribution is 5.83. The van der Waals surface area contributed by atoms with Crippen LogP contribution in [0.5, 0.6) is 5.75 Å². The number of benzene rings is 1. The standard InChI is InChI=1S/C21H17FN6O2/c1-11-15-7-13(22)2-3-14(15)16(4-5-23)26-10-19-20(17(8-24)28-30-19)12-6-18(29-11)21(25)27-9-12/h2-7,9,11,23,26H,10H2,1H3,(H2,25,27)/b16-4-,23-5?. The number of fused-ring (bicyclic) bond motifs is 5. The Labute approximate surface area is 171 Å². The van der Waals surface area contributed by atoms with Gasteiger partial charge in [0.05, 0.1) is 12.1 Å². The fourth-order valence-corrected chi connectivity index (χ4v) is 3.38. The molecule has 0 aliphatic carbocycles. The molecule has 1 aromatic carbocycles. The number of nitrogens with zero attached hydrogens (tertiary/aromatic N) is 3. The Kier molecular flexibility index (Phi) is 4.90. The van der Waals surface area contributed by atoms with E-state index in [1.807, 2.05) is 6.07 Å². The Morgan fingerprint density at radius 3 is 3.00 bits per heavy atom. The van der Waals surface area contributed by atoms with Gasteiger partial charge in [-0.05, 0) is 37.3 Å². The average Bonchev–Trinajstić information content (AvgIpc) is 3.15. The number of allylic oxidation sites excluding steroid dienone is 1. The minimum Gasteiger partial charge on any atom is -0.482 e. The van der Waals surface area contributed by atoms with Crippen molar-refractivity contribution in [3.05, 3.63) is 64.9 Å². The maximum Gasteiger partial charge on any atom is 0.191 e. The highest BCUT2D eigenvalue weighted by atomic mass is 19.1. The molecule has 0 saturated heterocycles. The molecule has 2 bridgehead atoms. The van der Waals surface area contributed by atoms with E-state index in [9.17, 15) is 9.65 Å². The van der Waals surface area contributed by atoms with Crippen LogP contribution in [0.25, 0.3) is 16.8 Å². The van der Waals surface area contributed by atoms with Crippen molar-refractivity contribution < 1.29 is 13.7 Å². The van der Waals surface area contributed by atoms with Crippen LogP contribution in [-0.4, -0.2) is 16.4 Å². The van der Waals surface area contributed by atoms with Gasteiger partial charge in [-0.2, -0.15) is 5.26 Å². The highest BCUT2D eigenvalue weighted by Crippen LogP contribution is 2.36. The molecule has 150 valence electrons. The van der Waals surface area contributed by atoms with E-state index in [2.05, 4.69) is 15.5 Å². The molecule has 4 N–H and O–H groups in total. The normalized spacial score (nSPS) is 16.7. The first-order chi connectivity index (χ1) is 14.5. The van der Waals surface area contributed by atoms with Crippen molar-refractivity contribution in [3.8, 4) is 22.9 Å². The minimum absolute atomic E-state index is 0.106. The van der Waals surface area contributed by atoms with Crippen molar-refractivity contribution >= 4 is 17.7 Å². The lowest BCUT2D eigenvalue weighted by Crippen LogP contribution is -2.17. The summed E-state index contributed by atoms with van der Waals surface area (Å²) in [6.07, 6.45) is 3.60. The third kappa shape index (κ3) is 3.35. The van der Waals surface area contributed by atoms with E-state index in [4.69, 9.17) is 20.4 Å². The Morgan fingerprint density at radius 2 is 2.23 bits per heavy atom. The van der Waals surface area contributed by atoms with Gasteiger partial charge in [-0.3, -0.25) is 0 Å². The number of nitriles is 1. The minimum atomic E-state index is -0.581. The van der Waals surface area contributed by atoms with E-state index in [0.29, 0.717) is 33.7 Å². The molecule has 1 aliphatic rings. The van der Waals surface area contributed by atoms with Crippen molar-refractivity contribution in [1.82, 2.24) is 15.5 Å². The molecule has 9 heteroatoms. The van der Waals surface area contributed by atoms with Crippen LogP contribution >= 0.6 is 0 Å². The summed E-state index contributed by atoms with van der Waals surface area (Å²) in [6, 6.07) is 8.00. The van der Waals surface area contributed by atoms with Crippen molar-refractivity contribution in [2.75, 3.05) is 5.73 Å². The Bertz CT molecular complexity index is 1210. The number of hydrogen-bond donors (Lipinski definition) is 3. The zero-order chi connectivity index (χ0) is 21.3. The van der Waals surface area contributed by atoms with E-state index in [-0.39, 0.29) is 23.8 Å². The number of nitrogens with one attached hydrogen (secondary N) is 2. The number of nitrogen functional groups attached to an aromatic ring is 1. The van der Waals surface area contributed by atoms with Crippen LogP contribution in [0.2, 0.25) is 0 Å². The Balaban J connectivity index is 1.95. The van der Waals surface area contributed by atoms with Crippen molar-refractivity contribution in [2.24, 2.45) is 0 Å². The summed E-state index contributed by atoms with van der Waals surface area (Å²) in [5.41, 5.74) is 8.91. The number of nitrogens with two attached hydrogens (primary N) is 1. The quantitative estimate of drug-likeness (QED) is 0.528. The molecule has 0 amide bonds. The predicted octanol–water partition coefficient (Wildman–Crippen LogP) is 3.56. The molecule has 1 atom stereocenters. The second-order valence-corrected chi connectivity index (χ2v) is 6.64. The third-order valence-corrected chi connectivity index (χ3v) is 4.77. The molecular weight excluding hydrogens is 387 g/mol. The summed E-state index contributed by atoms with van der Waals surface area (Å²) in [4.78, 5) is 4.17. The first kappa shape index (κ1) is 19.1. The first-order valence-corrected chi connectivity index (χ1v) is 9.07. The van der Waals surface area contributed by atoms with Crippen LogP contribution in [0, 0.1) is 22.6 Å². The number of anilines is 1. The maximum absolute atomic E-state index is 14.0. The first-order valence-electron chi connectivity index (χ1n) is 9.07. The molecule has 3 heterocycles. The summed E-state index contributed by atoms with van der Waals surface area (Å²) in [5.74, 6) is 0.432. The van der Waals surface area contributed by atoms with E-state index >= 15 is 0 Å². The lowest BCUT2D eigenvalue weighted by Gasteiger charge is -2.22. The number of ether oxygens (including phenoxy) is 1. The van der Waals surface area contributed by atoms with Gasteiger partial charge < -0.3 is 25.7 Å². The number of halogens is 1. The van der Waals surface area contributed by atoms with Crippen LogP contribution < -0.4 is 15.8 Å². The molecule has 8 nitrogen and oxygen atoms in total. The van der Waals surface area contributed by atoms with Gasteiger partial charge in [-0.25, -0.2) is 9.37 Å². The SMILES string of the molecule is CC1Oc2cc(cnc2N)-c2c(C#N)noc2CN/C(=C\C=N)c2ccc(F)cc21. The van der Waals surface area contributed by atoms with E-state index in [0.717, 1.165) is 6.21 Å². The molecule has 30 heavy (non-hydrogen) atoms. The molecule has 1 unspecified atom stereocenters. The van der Waals surface area contributed by atoms with Crippen LogP contribution in [-0.2, 0) is 6.54 Å². The van der Waals surface area contributed by atoms with Gasteiger partial charge in [0.25, 0.3) is 0 Å². The van der Waals surface area contributed by atoms with Crippen molar-refractivity contribution in [1.29, 1.82) is 10.7 Å². The second kappa shape index (κ2) is 7.67. The zero-order valence-corrected chi connectivity index (χ0v) is 15.9. The summed E-state index contributed by atoms with van der Waals surface area (Å²) in [5, 5.41) is 24.0. The van der Waals surface area contributed by atoms with Gasteiger partial charge in [-0.1, -0.05) is 5.16 Å². The van der Waals surface area contributed by atoms with Gasteiger partial charge in [0, 0.05) is 34.8 Å². The van der Waals surface area contributed by atoms with Crippen molar-refractivity contribution in [3.63, 3.8) is 0 Å². The van der Waals surface area contributed by atoms with Gasteiger partial charge in [0.15, 0.2) is 23.0 Å². The van der Waals surface area contributed by atoms with Gasteiger partial charge in [0.2, 0.25) is 0 Å². The summed E-state index contributed by atoms with van der Waals surface area (Å²) >= 11 is 0. The summed E-state index contributed by atoms with van der Waals surface area (Å²) in [7, 11) is 0. The molecule has 1 aliphatic heterocycles. The molecule has 0 spiro atoms. The second-order valence-electron chi connectivity index (χ2n) is 6.64. The number of pyridine rings is 1. The lowest BCUT2D eigenvalue weighted by atomic mass is 9.99. The Morgan fingerprint density at radius 1 is 1.40 bits per heavy atom. The van der Waals surface area contributed by atoms with E-state index in [1.54, 1.807) is 25.1 Å². The third-order valence-electron chi connectivity index (χ3n) is 4.77. The van der Waals surface area contributed by atoms with Crippen LogP contribution in [0.3, 0.4) is 0 Å². The van der Waals surface area contributed by atoms with E-state index < -0.39 is 11.9 Å². The number of rotatable bonds is 1. The highest BCUT2D eigenvalue weighted by Gasteiger charge is 2.23. The molecule has 0 radical (unpaired) electrons. The summed E-state index contributed by atoms with van der Waals surface area (Å²) in [6.45, 7) is 1.94. The number of aromatic nitrogens is 2. The monoisotopic (exact) mass is 404 g/mol. The summed E-state index contributed by atoms with van der Waals surface area (Å²) < 4.78 is 25.5. The van der Waals surface area contributed by atoms with Crippen LogP contribution in [0.15, 0.2) is 41.1 Å². The largest absolute Gasteiger partial charge is 0.482 e. The molecule has 3 aromatic rings. The maximum atomic E-state index is 14.0.